The van der Waals surface area contributed by atoms with Crippen molar-refractivity contribution in [1.82, 2.24) is 5.32 Å². The molecule has 0 atom stereocenters. The van der Waals surface area contributed by atoms with Crippen molar-refractivity contribution in [2.45, 2.75) is 43.0 Å². The smallest absolute Gasteiger partial charge is 0.224 e. The molecule has 0 bridgehead atoms. The van der Waals surface area contributed by atoms with Gasteiger partial charge in [-0.2, -0.15) is 0 Å². The van der Waals surface area contributed by atoms with Gasteiger partial charge in [-0.1, -0.05) is 25.0 Å². The Morgan fingerprint density at radius 3 is 2.25 bits per heavy atom. The van der Waals surface area contributed by atoms with E-state index in [4.69, 9.17) is 0 Å². The van der Waals surface area contributed by atoms with E-state index in [1.807, 2.05) is 0 Å². The van der Waals surface area contributed by atoms with Crippen LogP contribution in [0, 0.1) is 0 Å². The topological polar surface area (TPSA) is 29.1 Å². The van der Waals surface area contributed by atoms with Crippen LogP contribution in [0.2, 0.25) is 0 Å². The zero-order valence-corrected chi connectivity index (χ0v) is 11.9. The van der Waals surface area contributed by atoms with Crippen LogP contribution in [-0.4, -0.2) is 17.8 Å². The Morgan fingerprint density at radius 2 is 1.75 bits per heavy atom. The van der Waals surface area contributed by atoms with Crippen LogP contribution >= 0.6 is 9.91 Å². The van der Waals surface area contributed by atoms with Gasteiger partial charge >= 0.3 is 0 Å². The Balaban J connectivity index is 1.97. The summed E-state index contributed by atoms with van der Waals surface area (Å²) in [5.74, 6) is 2.23. The van der Waals surface area contributed by atoms with Gasteiger partial charge in [-0.15, -0.1) is 11.7 Å². The normalized spacial score (nSPS) is 18.4. The molecular formula is C14H18F3NOS. The molecule has 1 aliphatic carbocycles. The number of hydrogen-bond donors (Lipinski definition) is 1. The molecule has 1 aliphatic rings. The molecule has 20 heavy (non-hydrogen) atoms. The highest BCUT2D eigenvalue weighted by molar-refractivity contribution is 8.34. The van der Waals surface area contributed by atoms with E-state index in [1.165, 1.54) is 12.1 Å². The molecular weight excluding hydrogens is 287 g/mol. The molecule has 112 valence electrons. The Hall–Kier alpha value is -1.30. The second-order valence-electron chi connectivity index (χ2n) is 5.25. The number of nitrogens with one attached hydrogen (secondary N) is 1. The average Bonchev–Trinajstić information content (AvgIpc) is 2.80. The zero-order valence-electron chi connectivity index (χ0n) is 11.1. The number of benzene rings is 1. The quantitative estimate of drug-likeness (QED) is 0.835. The Morgan fingerprint density at radius 1 is 1.20 bits per heavy atom. The van der Waals surface area contributed by atoms with Crippen LogP contribution in [0.25, 0.3) is 0 Å². The maximum absolute atomic E-state index is 13.1. The van der Waals surface area contributed by atoms with Crippen molar-refractivity contribution in [3.63, 3.8) is 0 Å². The number of hydrogen-bond acceptors (Lipinski definition) is 1. The molecule has 1 saturated carbocycles. The molecule has 0 heterocycles. The van der Waals surface area contributed by atoms with Gasteiger partial charge in [0.15, 0.2) is 9.91 Å². The average molecular weight is 305 g/mol. The van der Waals surface area contributed by atoms with Gasteiger partial charge in [-0.3, -0.25) is 4.79 Å². The first-order chi connectivity index (χ1) is 9.21. The van der Waals surface area contributed by atoms with Crippen molar-refractivity contribution in [2.75, 3.05) is 0 Å². The minimum atomic E-state index is -6.20. The van der Waals surface area contributed by atoms with Crippen molar-refractivity contribution < 1.29 is 16.5 Å². The highest BCUT2D eigenvalue weighted by Crippen LogP contribution is 2.68. The Bertz CT molecular complexity index is 547. The first kappa shape index (κ1) is 15.1. The molecule has 0 radical (unpaired) electrons. The van der Waals surface area contributed by atoms with E-state index in [-0.39, 0.29) is 18.4 Å². The lowest BCUT2D eigenvalue weighted by molar-refractivity contribution is -0.121. The highest BCUT2D eigenvalue weighted by Gasteiger charge is 2.29. The SMILES string of the molecule is C=S(F)(F)(F)c1ccc(CC(=O)NC2CCCC2)cc1. The molecule has 0 aromatic heterocycles. The predicted octanol–water partition coefficient (Wildman–Crippen LogP) is 4.07. The van der Waals surface area contributed by atoms with Crippen molar-refractivity contribution in [3.8, 4) is 0 Å². The van der Waals surface area contributed by atoms with E-state index in [9.17, 15) is 16.5 Å². The summed E-state index contributed by atoms with van der Waals surface area (Å²) < 4.78 is 39.2. The fourth-order valence-electron chi connectivity index (χ4n) is 2.39. The van der Waals surface area contributed by atoms with E-state index in [0.29, 0.717) is 5.56 Å². The molecule has 0 saturated heterocycles. The van der Waals surface area contributed by atoms with Crippen LogP contribution in [-0.2, 0) is 11.2 Å². The van der Waals surface area contributed by atoms with Crippen LogP contribution in [0.5, 0.6) is 0 Å². The number of rotatable bonds is 4. The van der Waals surface area contributed by atoms with E-state index in [2.05, 4.69) is 11.2 Å². The van der Waals surface area contributed by atoms with Gasteiger partial charge in [0, 0.05) is 6.04 Å². The van der Waals surface area contributed by atoms with Crippen molar-refractivity contribution in [3.05, 3.63) is 29.8 Å². The molecule has 0 aliphatic heterocycles. The van der Waals surface area contributed by atoms with E-state index in [0.717, 1.165) is 37.8 Å². The van der Waals surface area contributed by atoms with Gasteiger partial charge in [0.2, 0.25) is 5.91 Å². The Kier molecular flexibility index (Phi) is 3.95. The lowest BCUT2D eigenvalue weighted by Gasteiger charge is -2.20. The lowest BCUT2D eigenvalue weighted by Crippen LogP contribution is -2.33. The summed E-state index contributed by atoms with van der Waals surface area (Å²) in [6, 6.07) is 4.94. The first-order valence-electron chi connectivity index (χ1n) is 6.54. The molecule has 0 spiro atoms. The fraction of sp³-hybridized carbons (Fsp3) is 0.429. The number of halogens is 3. The van der Waals surface area contributed by atoms with Gasteiger partial charge in [-0.25, -0.2) is 0 Å². The third kappa shape index (κ3) is 4.10. The standard InChI is InChI=1S/C14H18F3NOS/c1-20(15,16,17)13-8-6-11(7-9-13)10-14(19)18-12-4-2-3-5-12/h6-9,12H,1-5,10H2,(H,18,19). The monoisotopic (exact) mass is 305 g/mol. The van der Waals surface area contributed by atoms with Crippen LogP contribution < -0.4 is 5.32 Å². The molecule has 1 aromatic carbocycles. The van der Waals surface area contributed by atoms with Crippen LogP contribution in [0.4, 0.5) is 11.7 Å². The van der Waals surface area contributed by atoms with Gasteiger partial charge in [0.25, 0.3) is 0 Å². The zero-order chi connectivity index (χ0) is 14.8. The van der Waals surface area contributed by atoms with Crippen LogP contribution in [0.15, 0.2) is 29.2 Å². The summed E-state index contributed by atoms with van der Waals surface area (Å²) in [6.07, 6.45) is 4.35. The van der Waals surface area contributed by atoms with E-state index < -0.39 is 14.8 Å². The molecule has 1 fully saturated rings. The minimum Gasteiger partial charge on any atom is -0.353 e. The van der Waals surface area contributed by atoms with Gasteiger partial charge in [0.05, 0.1) is 11.3 Å². The number of carbonyl (C=O) groups is 1. The molecule has 2 nitrogen and oxygen atoms in total. The van der Waals surface area contributed by atoms with Crippen LogP contribution in [0.1, 0.15) is 31.2 Å². The largest absolute Gasteiger partial charge is 0.353 e. The third-order valence-electron chi connectivity index (χ3n) is 3.44. The second kappa shape index (κ2) is 5.24. The molecule has 1 N–H and O–H groups in total. The molecule has 6 heteroatoms. The number of amides is 1. The van der Waals surface area contributed by atoms with Crippen molar-refractivity contribution in [2.24, 2.45) is 0 Å². The number of carbonyl (C=O) groups excluding carboxylic acids is 1. The second-order valence-corrected chi connectivity index (χ2v) is 7.48. The van der Waals surface area contributed by atoms with Crippen LogP contribution in [0.3, 0.4) is 0 Å². The summed E-state index contributed by atoms with van der Waals surface area (Å²) in [5, 5.41) is 2.91. The first-order valence-corrected chi connectivity index (χ1v) is 8.45. The lowest BCUT2D eigenvalue weighted by atomic mass is 10.1. The van der Waals surface area contributed by atoms with Crippen molar-refractivity contribution in [1.29, 1.82) is 0 Å². The van der Waals surface area contributed by atoms with Gasteiger partial charge in [-0.05, 0) is 36.4 Å². The van der Waals surface area contributed by atoms with E-state index in [1.54, 1.807) is 0 Å². The van der Waals surface area contributed by atoms with Gasteiger partial charge < -0.3 is 5.32 Å². The molecule has 1 amide bonds. The Labute approximate surface area is 117 Å². The summed E-state index contributed by atoms with van der Waals surface area (Å²) >= 11 is 0. The van der Waals surface area contributed by atoms with E-state index >= 15 is 0 Å². The minimum absolute atomic E-state index is 0.117. The summed E-state index contributed by atoms with van der Waals surface area (Å²) in [6.45, 7) is 0. The van der Waals surface area contributed by atoms with Crippen molar-refractivity contribution >= 4 is 21.7 Å². The van der Waals surface area contributed by atoms with Gasteiger partial charge in [0.1, 0.15) is 0 Å². The molecule has 2 rings (SSSR count). The maximum Gasteiger partial charge on any atom is 0.224 e. The predicted molar refractivity (Wildman–Crippen MR) is 76.8 cm³/mol. The fourth-order valence-corrected chi connectivity index (χ4v) is 3.03. The summed E-state index contributed by atoms with van der Waals surface area (Å²) in [5.41, 5.74) is 0.584. The third-order valence-corrected chi connectivity index (χ3v) is 4.58. The molecule has 0 unspecified atom stereocenters. The maximum atomic E-state index is 13.1. The summed E-state index contributed by atoms with van der Waals surface area (Å²) in [4.78, 5) is 11.1. The molecule has 1 aromatic rings. The highest BCUT2D eigenvalue weighted by atomic mass is 32.4. The summed E-state index contributed by atoms with van der Waals surface area (Å²) in [7, 11) is -6.20.